The summed E-state index contributed by atoms with van der Waals surface area (Å²) in [5, 5.41) is 3.32. The average Bonchev–Trinajstić information content (AvgIpc) is 2.95. The van der Waals surface area contributed by atoms with Gasteiger partial charge in [-0.15, -0.1) is 11.6 Å². The zero-order valence-electron chi connectivity index (χ0n) is 11.9. The van der Waals surface area contributed by atoms with Gasteiger partial charge in [-0.3, -0.25) is 0 Å². The molecule has 0 saturated heterocycles. The summed E-state index contributed by atoms with van der Waals surface area (Å²) in [6.07, 6.45) is 4.66. The van der Waals surface area contributed by atoms with E-state index in [2.05, 4.69) is 5.32 Å². The van der Waals surface area contributed by atoms with E-state index in [4.69, 9.17) is 11.6 Å². The van der Waals surface area contributed by atoms with Gasteiger partial charge in [0.2, 0.25) is 0 Å². The Hall–Kier alpha value is -0.740. The number of rotatable bonds is 6. The molecule has 1 aromatic carbocycles. The molecule has 2 rings (SSSR count). The quantitative estimate of drug-likeness (QED) is 0.814. The molecule has 0 aromatic heterocycles. The molecule has 20 heavy (non-hydrogen) atoms. The molecule has 0 amide bonds. The highest BCUT2D eigenvalue weighted by atomic mass is 35.5. The van der Waals surface area contributed by atoms with E-state index in [1.54, 1.807) is 19.1 Å². The first-order valence-electron chi connectivity index (χ1n) is 7.15. The molecule has 1 aromatic rings. The van der Waals surface area contributed by atoms with E-state index in [9.17, 15) is 8.42 Å². The minimum absolute atomic E-state index is 0.116. The Kier molecular flexibility index (Phi) is 4.97. The summed E-state index contributed by atoms with van der Waals surface area (Å²) >= 11 is 6.13. The van der Waals surface area contributed by atoms with Gasteiger partial charge in [0.25, 0.3) is 0 Å². The molecule has 5 heteroatoms. The number of para-hydroxylation sites is 1. The van der Waals surface area contributed by atoms with Gasteiger partial charge in [0.15, 0.2) is 9.84 Å². The van der Waals surface area contributed by atoms with Gasteiger partial charge in [0, 0.05) is 17.8 Å². The Morgan fingerprint density at radius 3 is 2.50 bits per heavy atom. The molecule has 1 saturated carbocycles. The Balaban J connectivity index is 2.18. The van der Waals surface area contributed by atoms with Crippen molar-refractivity contribution in [1.29, 1.82) is 0 Å². The molecule has 0 heterocycles. The van der Waals surface area contributed by atoms with Gasteiger partial charge in [-0.1, -0.05) is 31.9 Å². The Morgan fingerprint density at radius 1 is 1.25 bits per heavy atom. The first-order chi connectivity index (χ1) is 9.53. The number of benzene rings is 1. The van der Waals surface area contributed by atoms with Gasteiger partial charge in [-0.25, -0.2) is 8.42 Å². The second-order valence-corrected chi connectivity index (χ2v) is 8.11. The number of halogens is 1. The number of nitrogens with one attached hydrogen (secondary N) is 1. The molecular formula is C15H22ClNO2S. The van der Waals surface area contributed by atoms with Crippen molar-refractivity contribution in [2.75, 3.05) is 23.5 Å². The first-order valence-corrected chi connectivity index (χ1v) is 9.33. The largest absolute Gasteiger partial charge is 0.383 e. The lowest BCUT2D eigenvalue weighted by Crippen LogP contribution is -2.29. The lowest BCUT2D eigenvalue weighted by atomic mass is 9.88. The van der Waals surface area contributed by atoms with Gasteiger partial charge in [0.05, 0.1) is 16.3 Å². The maximum Gasteiger partial charge on any atom is 0.180 e. The SMILES string of the molecule is CCS(=O)(=O)c1ccccc1NCC1(CCl)CCCC1. The molecular weight excluding hydrogens is 294 g/mol. The monoisotopic (exact) mass is 315 g/mol. The molecule has 0 unspecified atom stereocenters. The molecule has 1 N–H and O–H groups in total. The number of hydrogen-bond donors (Lipinski definition) is 1. The molecule has 0 bridgehead atoms. The summed E-state index contributed by atoms with van der Waals surface area (Å²) in [6, 6.07) is 7.13. The van der Waals surface area contributed by atoms with Gasteiger partial charge < -0.3 is 5.32 Å². The lowest BCUT2D eigenvalue weighted by Gasteiger charge is -2.27. The standard InChI is InChI=1S/C15H22ClNO2S/c1-2-20(18,19)14-8-4-3-7-13(14)17-12-15(11-16)9-5-6-10-15/h3-4,7-8,17H,2,5-6,9-12H2,1H3. The maximum atomic E-state index is 12.1. The van der Waals surface area contributed by atoms with Crippen molar-refractivity contribution in [3.8, 4) is 0 Å². The van der Waals surface area contributed by atoms with Crippen LogP contribution in [0.25, 0.3) is 0 Å². The molecule has 3 nitrogen and oxygen atoms in total. The molecule has 1 aliphatic rings. The van der Waals surface area contributed by atoms with Crippen LogP contribution >= 0.6 is 11.6 Å². The van der Waals surface area contributed by atoms with E-state index in [0.717, 1.165) is 19.4 Å². The summed E-state index contributed by atoms with van der Waals surface area (Å²) in [5.74, 6) is 0.745. The van der Waals surface area contributed by atoms with E-state index < -0.39 is 9.84 Å². The average molecular weight is 316 g/mol. The Morgan fingerprint density at radius 2 is 1.90 bits per heavy atom. The van der Waals surface area contributed by atoms with E-state index in [-0.39, 0.29) is 11.2 Å². The van der Waals surface area contributed by atoms with Crippen LogP contribution < -0.4 is 5.32 Å². The van der Waals surface area contributed by atoms with Crippen molar-refractivity contribution in [2.45, 2.75) is 37.5 Å². The second-order valence-electron chi connectivity index (χ2n) is 5.59. The van der Waals surface area contributed by atoms with Crippen LogP contribution in [0.15, 0.2) is 29.2 Å². The van der Waals surface area contributed by atoms with Gasteiger partial charge >= 0.3 is 0 Å². The molecule has 1 aliphatic carbocycles. The first kappa shape index (κ1) is 15.6. The summed E-state index contributed by atoms with van der Waals surface area (Å²) in [4.78, 5) is 0.394. The zero-order valence-corrected chi connectivity index (χ0v) is 13.4. The molecule has 112 valence electrons. The molecule has 0 spiro atoms. The van der Waals surface area contributed by atoms with Crippen LogP contribution in [0.3, 0.4) is 0 Å². The Labute approximate surface area is 126 Å². The van der Waals surface area contributed by atoms with Crippen LogP contribution in [-0.4, -0.2) is 26.6 Å². The number of alkyl halides is 1. The number of sulfone groups is 1. The van der Waals surface area contributed by atoms with Crippen molar-refractivity contribution in [1.82, 2.24) is 0 Å². The highest BCUT2D eigenvalue weighted by molar-refractivity contribution is 7.91. The van der Waals surface area contributed by atoms with Gasteiger partial charge in [-0.05, 0) is 25.0 Å². The van der Waals surface area contributed by atoms with E-state index in [0.29, 0.717) is 16.5 Å². The van der Waals surface area contributed by atoms with E-state index in [1.165, 1.54) is 12.8 Å². The highest BCUT2D eigenvalue weighted by Crippen LogP contribution is 2.39. The molecule has 0 aliphatic heterocycles. The van der Waals surface area contributed by atoms with Crippen molar-refractivity contribution >= 4 is 27.1 Å². The fourth-order valence-electron chi connectivity index (χ4n) is 2.80. The summed E-state index contributed by atoms with van der Waals surface area (Å²) in [7, 11) is -3.20. The number of anilines is 1. The van der Waals surface area contributed by atoms with Crippen molar-refractivity contribution < 1.29 is 8.42 Å². The van der Waals surface area contributed by atoms with Crippen LogP contribution in [0.1, 0.15) is 32.6 Å². The summed E-state index contributed by atoms with van der Waals surface area (Å²) < 4.78 is 24.2. The highest BCUT2D eigenvalue weighted by Gasteiger charge is 2.33. The minimum Gasteiger partial charge on any atom is -0.383 e. The smallest absolute Gasteiger partial charge is 0.180 e. The second kappa shape index (κ2) is 6.35. The third-order valence-electron chi connectivity index (χ3n) is 4.20. The minimum atomic E-state index is -3.20. The van der Waals surface area contributed by atoms with Gasteiger partial charge in [-0.2, -0.15) is 0 Å². The van der Waals surface area contributed by atoms with Gasteiger partial charge in [0.1, 0.15) is 0 Å². The summed E-state index contributed by atoms with van der Waals surface area (Å²) in [6.45, 7) is 2.41. The van der Waals surface area contributed by atoms with Crippen LogP contribution in [0, 0.1) is 5.41 Å². The van der Waals surface area contributed by atoms with Crippen molar-refractivity contribution in [2.24, 2.45) is 5.41 Å². The summed E-state index contributed by atoms with van der Waals surface area (Å²) in [5.41, 5.74) is 0.815. The third kappa shape index (κ3) is 3.29. The topological polar surface area (TPSA) is 46.2 Å². The Bertz CT molecular complexity index is 551. The fourth-order valence-corrected chi connectivity index (χ4v) is 4.24. The van der Waals surface area contributed by atoms with Crippen LogP contribution in [-0.2, 0) is 9.84 Å². The normalized spacial score (nSPS) is 18.1. The van der Waals surface area contributed by atoms with Crippen LogP contribution in [0.5, 0.6) is 0 Å². The van der Waals surface area contributed by atoms with Crippen molar-refractivity contribution in [3.63, 3.8) is 0 Å². The predicted octanol–water partition coefficient (Wildman–Crippen LogP) is 3.69. The lowest BCUT2D eigenvalue weighted by molar-refractivity contribution is 0.368. The van der Waals surface area contributed by atoms with E-state index >= 15 is 0 Å². The van der Waals surface area contributed by atoms with E-state index in [1.807, 2.05) is 12.1 Å². The number of hydrogen-bond acceptors (Lipinski definition) is 3. The molecule has 0 radical (unpaired) electrons. The van der Waals surface area contributed by atoms with Crippen LogP contribution in [0.4, 0.5) is 5.69 Å². The molecule has 0 atom stereocenters. The molecule has 1 fully saturated rings. The zero-order chi connectivity index (χ0) is 14.6. The van der Waals surface area contributed by atoms with Crippen molar-refractivity contribution in [3.05, 3.63) is 24.3 Å². The fraction of sp³-hybridized carbons (Fsp3) is 0.600. The maximum absolute atomic E-state index is 12.1. The van der Waals surface area contributed by atoms with Crippen LogP contribution in [0.2, 0.25) is 0 Å². The third-order valence-corrected chi connectivity index (χ3v) is 6.56. The predicted molar refractivity (Wildman–Crippen MR) is 84.3 cm³/mol.